The van der Waals surface area contributed by atoms with Crippen LogP contribution in [0.5, 0.6) is 0 Å². The third-order valence-electron chi connectivity index (χ3n) is 5.88. The van der Waals surface area contributed by atoms with E-state index in [2.05, 4.69) is 63.1 Å². The van der Waals surface area contributed by atoms with Crippen molar-refractivity contribution in [3.63, 3.8) is 0 Å². The number of carbonyl (C=O) groups excluding carboxylic acids is 1. The minimum Gasteiger partial charge on any atom is -0.352 e. The molecular formula is C22H36IN5O. The van der Waals surface area contributed by atoms with Gasteiger partial charge >= 0.3 is 0 Å². The van der Waals surface area contributed by atoms with Gasteiger partial charge < -0.3 is 16.0 Å². The van der Waals surface area contributed by atoms with E-state index in [9.17, 15) is 4.79 Å². The number of rotatable bonds is 6. The minimum absolute atomic E-state index is 0. The van der Waals surface area contributed by atoms with Gasteiger partial charge in [0.05, 0.1) is 6.54 Å². The Balaban J connectivity index is 0.00000300. The first kappa shape index (κ1) is 23.9. The molecule has 0 aromatic heterocycles. The number of halogens is 1. The van der Waals surface area contributed by atoms with Gasteiger partial charge in [0.1, 0.15) is 0 Å². The van der Waals surface area contributed by atoms with E-state index in [1.54, 1.807) is 7.05 Å². The average Bonchev–Trinajstić information content (AvgIpc) is 3.05. The molecule has 7 heteroatoms. The largest absolute Gasteiger partial charge is 0.352 e. The highest BCUT2D eigenvalue weighted by Gasteiger charge is 2.29. The Bertz CT molecular complexity index is 648. The van der Waals surface area contributed by atoms with E-state index in [-0.39, 0.29) is 36.4 Å². The molecule has 1 aromatic rings. The van der Waals surface area contributed by atoms with Crippen molar-refractivity contribution in [1.29, 1.82) is 0 Å². The quantitative estimate of drug-likeness (QED) is 0.311. The molecule has 1 aliphatic carbocycles. The molecule has 1 amide bonds. The lowest BCUT2D eigenvalue weighted by atomic mass is 9.95. The minimum atomic E-state index is 0. The highest BCUT2D eigenvalue weighted by molar-refractivity contribution is 14.0. The molecule has 0 radical (unpaired) electrons. The normalized spacial score (nSPS) is 23.3. The number of hydrogen-bond acceptors (Lipinski definition) is 3. The summed E-state index contributed by atoms with van der Waals surface area (Å²) in [6, 6.07) is 11.8. The van der Waals surface area contributed by atoms with Crippen molar-refractivity contribution in [3.8, 4) is 0 Å². The maximum absolute atomic E-state index is 12.2. The smallest absolute Gasteiger partial charge is 0.239 e. The van der Waals surface area contributed by atoms with Gasteiger partial charge in [-0.05, 0) is 31.7 Å². The summed E-state index contributed by atoms with van der Waals surface area (Å²) in [5, 5.41) is 9.80. The van der Waals surface area contributed by atoms with Crippen molar-refractivity contribution >= 4 is 35.8 Å². The fourth-order valence-corrected chi connectivity index (χ4v) is 4.32. The third kappa shape index (κ3) is 7.77. The van der Waals surface area contributed by atoms with Crippen LogP contribution in [0.1, 0.15) is 51.0 Å². The van der Waals surface area contributed by atoms with Crippen LogP contribution in [0.4, 0.5) is 0 Å². The van der Waals surface area contributed by atoms with Crippen LogP contribution in [0.2, 0.25) is 0 Å². The lowest BCUT2D eigenvalue weighted by molar-refractivity contribution is -0.120. The Morgan fingerprint density at radius 1 is 1.10 bits per heavy atom. The van der Waals surface area contributed by atoms with Crippen LogP contribution in [-0.4, -0.2) is 55.0 Å². The monoisotopic (exact) mass is 513 g/mol. The molecule has 1 aliphatic heterocycles. The lowest BCUT2D eigenvalue weighted by Crippen LogP contribution is -2.49. The van der Waals surface area contributed by atoms with Crippen molar-refractivity contribution in [2.45, 2.75) is 70.1 Å². The van der Waals surface area contributed by atoms with E-state index in [0.717, 1.165) is 32.4 Å². The molecule has 162 valence electrons. The fraction of sp³-hybridized carbons (Fsp3) is 0.636. The van der Waals surface area contributed by atoms with Crippen LogP contribution in [0.3, 0.4) is 0 Å². The highest BCUT2D eigenvalue weighted by Crippen LogP contribution is 2.20. The lowest BCUT2D eigenvalue weighted by Gasteiger charge is -2.23. The van der Waals surface area contributed by atoms with Crippen LogP contribution in [0, 0.1) is 0 Å². The summed E-state index contributed by atoms with van der Waals surface area (Å²) in [4.78, 5) is 19.0. The van der Waals surface area contributed by atoms with E-state index < -0.39 is 0 Å². The van der Waals surface area contributed by atoms with Gasteiger partial charge in [-0.25, -0.2) is 0 Å². The van der Waals surface area contributed by atoms with Gasteiger partial charge in [-0.3, -0.25) is 14.7 Å². The predicted octanol–water partition coefficient (Wildman–Crippen LogP) is 2.88. The average molecular weight is 513 g/mol. The van der Waals surface area contributed by atoms with E-state index in [1.165, 1.54) is 24.8 Å². The second-order valence-electron chi connectivity index (χ2n) is 8.17. The molecule has 0 bridgehead atoms. The molecule has 2 unspecified atom stereocenters. The molecule has 2 aliphatic rings. The first-order chi connectivity index (χ1) is 13.6. The van der Waals surface area contributed by atoms with Crippen molar-refractivity contribution in [2.24, 2.45) is 4.99 Å². The predicted molar refractivity (Wildman–Crippen MR) is 130 cm³/mol. The van der Waals surface area contributed by atoms with Gasteiger partial charge in [-0.2, -0.15) is 0 Å². The highest BCUT2D eigenvalue weighted by atomic mass is 127. The molecule has 1 saturated heterocycles. The van der Waals surface area contributed by atoms with Crippen LogP contribution in [0.25, 0.3) is 0 Å². The van der Waals surface area contributed by atoms with Crippen molar-refractivity contribution in [2.75, 3.05) is 20.1 Å². The molecular weight excluding hydrogens is 477 g/mol. The zero-order valence-electron chi connectivity index (χ0n) is 17.7. The Hall–Kier alpha value is -1.35. The molecule has 1 aromatic carbocycles. The summed E-state index contributed by atoms with van der Waals surface area (Å²) in [6.45, 7) is 4.49. The van der Waals surface area contributed by atoms with E-state index in [1.807, 2.05) is 0 Å². The Kier molecular flexibility index (Phi) is 10.2. The summed E-state index contributed by atoms with van der Waals surface area (Å²) in [6.07, 6.45) is 7.03. The van der Waals surface area contributed by atoms with Gasteiger partial charge in [0.2, 0.25) is 5.91 Å². The number of guanidine groups is 1. The summed E-state index contributed by atoms with van der Waals surface area (Å²) < 4.78 is 0. The number of amides is 1. The van der Waals surface area contributed by atoms with Crippen LogP contribution >= 0.6 is 24.0 Å². The number of nitrogens with zero attached hydrogens (tertiary/aromatic N) is 2. The van der Waals surface area contributed by atoms with Crippen molar-refractivity contribution in [3.05, 3.63) is 35.9 Å². The zero-order valence-corrected chi connectivity index (χ0v) is 20.0. The third-order valence-corrected chi connectivity index (χ3v) is 5.88. The molecule has 1 saturated carbocycles. The molecule has 6 nitrogen and oxygen atoms in total. The molecule has 3 N–H and O–H groups in total. The molecule has 2 atom stereocenters. The molecule has 0 spiro atoms. The second-order valence-corrected chi connectivity index (χ2v) is 8.17. The van der Waals surface area contributed by atoms with E-state index >= 15 is 0 Å². The SMILES string of the molecule is CN=C(NCC(=O)NC1CCCCC1)NC1CC(C)N(Cc2ccccc2)C1.I. The molecule has 29 heavy (non-hydrogen) atoms. The Morgan fingerprint density at radius 2 is 1.83 bits per heavy atom. The van der Waals surface area contributed by atoms with Crippen molar-refractivity contribution < 1.29 is 4.79 Å². The zero-order chi connectivity index (χ0) is 19.8. The topological polar surface area (TPSA) is 68.8 Å². The van der Waals surface area contributed by atoms with Crippen LogP contribution in [-0.2, 0) is 11.3 Å². The number of likely N-dealkylation sites (tertiary alicyclic amines) is 1. The molecule has 1 heterocycles. The first-order valence-electron chi connectivity index (χ1n) is 10.7. The summed E-state index contributed by atoms with van der Waals surface area (Å²) in [5.41, 5.74) is 1.34. The number of hydrogen-bond donors (Lipinski definition) is 3. The van der Waals surface area contributed by atoms with E-state index in [0.29, 0.717) is 24.1 Å². The maximum atomic E-state index is 12.2. The maximum Gasteiger partial charge on any atom is 0.239 e. The summed E-state index contributed by atoms with van der Waals surface area (Å²) in [5.74, 6) is 0.762. The van der Waals surface area contributed by atoms with E-state index in [4.69, 9.17) is 0 Å². The van der Waals surface area contributed by atoms with Gasteiger partial charge in [0.25, 0.3) is 0 Å². The second kappa shape index (κ2) is 12.4. The number of carbonyl (C=O) groups is 1. The van der Waals surface area contributed by atoms with Crippen molar-refractivity contribution in [1.82, 2.24) is 20.9 Å². The Labute approximate surface area is 192 Å². The van der Waals surface area contributed by atoms with Crippen LogP contribution in [0.15, 0.2) is 35.3 Å². The van der Waals surface area contributed by atoms with Crippen LogP contribution < -0.4 is 16.0 Å². The summed E-state index contributed by atoms with van der Waals surface area (Å²) >= 11 is 0. The first-order valence-corrected chi connectivity index (χ1v) is 10.7. The molecule has 2 fully saturated rings. The van der Waals surface area contributed by atoms with Gasteiger partial charge in [-0.15, -0.1) is 24.0 Å². The number of nitrogens with one attached hydrogen (secondary N) is 3. The Morgan fingerprint density at radius 3 is 2.52 bits per heavy atom. The number of aliphatic imine (C=N–C) groups is 1. The molecule has 3 rings (SSSR count). The summed E-state index contributed by atoms with van der Waals surface area (Å²) in [7, 11) is 1.76. The standard InChI is InChI=1S/C22H35N5O.HI/c1-17-13-20(16-27(17)15-18-9-5-3-6-10-18)26-22(23-2)24-14-21(28)25-19-11-7-4-8-12-19;/h3,5-6,9-10,17,19-20H,4,7-8,11-16H2,1-2H3,(H,25,28)(H2,23,24,26);1H. The van der Waals surface area contributed by atoms with Gasteiger partial charge in [-0.1, -0.05) is 49.6 Å². The van der Waals surface area contributed by atoms with Gasteiger partial charge in [0, 0.05) is 38.3 Å². The number of benzene rings is 1. The fourth-order valence-electron chi connectivity index (χ4n) is 4.32. The van der Waals surface area contributed by atoms with Gasteiger partial charge in [0.15, 0.2) is 5.96 Å².